The van der Waals surface area contributed by atoms with Gasteiger partial charge in [0.25, 0.3) is 0 Å². The molecule has 2 unspecified atom stereocenters. The number of aryl methyl sites for hydroxylation is 1. The number of hydrogen-bond donors (Lipinski definition) is 1. The molecule has 1 aromatic heterocycles. The Kier molecular flexibility index (Phi) is 6.77. The van der Waals surface area contributed by atoms with Crippen LogP contribution in [0.4, 0.5) is 0 Å². The molecule has 2 aromatic carbocycles. The maximum atomic E-state index is 13.0. The van der Waals surface area contributed by atoms with E-state index in [4.69, 9.17) is 14.3 Å². The molecule has 0 aliphatic carbocycles. The molecular weight excluding hydrogens is 420 g/mol. The summed E-state index contributed by atoms with van der Waals surface area (Å²) in [4.78, 5) is 30.4. The summed E-state index contributed by atoms with van der Waals surface area (Å²) < 4.78 is 11.6. The number of carboxylic acids is 1. The van der Waals surface area contributed by atoms with Crippen molar-refractivity contribution in [3.05, 3.63) is 77.5 Å². The number of carboxylic acid groups (broad SMARTS) is 1. The minimum absolute atomic E-state index is 0.0173. The van der Waals surface area contributed by atoms with Crippen LogP contribution >= 0.6 is 0 Å². The van der Waals surface area contributed by atoms with Gasteiger partial charge in [0.1, 0.15) is 23.8 Å². The van der Waals surface area contributed by atoms with E-state index in [1.165, 1.54) is 6.26 Å². The predicted octanol–water partition coefficient (Wildman–Crippen LogP) is 4.94. The number of nitrogens with zero attached hydrogens (tertiary/aromatic N) is 2. The van der Waals surface area contributed by atoms with Crippen LogP contribution in [0.1, 0.15) is 48.5 Å². The van der Waals surface area contributed by atoms with Gasteiger partial charge in [-0.05, 0) is 49.1 Å². The summed E-state index contributed by atoms with van der Waals surface area (Å²) in [6, 6.07) is 15.2. The summed E-state index contributed by atoms with van der Waals surface area (Å²) in [5, 5.41) is 9.10. The number of benzene rings is 2. The van der Waals surface area contributed by atoms with E-state index in [9.17, 15) is 9.59 Å². The second kappa shape index (κ2) is 9.90. The first-order valence-electron chi connectivity index (χ1n) is 11.2. The maximum Gasteiger partial charge on any atom is 0.306 e. The zero-order chi connectivity index (χ0) is 23.4. The highest BCUT2D eigenvalue weighted by atomic mass is 16.5. The van der Waals surface area contributed by atoms with E-state index < -0.39 is 11.9 Å². The molecule has 1 N–H and O–H groups in total. The van der Waals surface area contributed by atoms with Crippen LogP contribution in [0.3, 0.4) is 0 Å². The summed E-state index contributed by atoms with van der Waals surface area (Å²) in [7, 11) is 0. The van der Waals surface area contributed by atoms with E-state index >= 15 is 0 Å². The van der Waals surface area contributed by atoms with E-state index in [0.29, 0.717) is 24.6 Å². The fraction of sp³-hybridized carbons (Fsp3) is 0.346. The van der Waals surface area contributed by atoms with Gasteiger partial charge in [0.2, 0.25) is 11.8 Å². The fourth-order valence-electron chi connectivity index (χ4n) is 4.04. The van der Waals surface area contributed by atoms with Gasteiger partial charge in [-0.1, -0.05) is 37.3 Å². The highest BCUT2D eigenvalue weighted by molar-refractivity contribution is 5.79. The number of hydrogen-bond acceptors (Lipinski definition) is 5. The molecule has 7 heteroatoms. The lowest BCUT2D eigenvalue weighted by atomic mass is 10.1. The summed E-state index contributed by atoms with van der Waals surface area (Å²) in [6.45, 7) is 4.29. The number of aromatic nitrogens is 1. The summed E-state index contributed by atoms with van der Waals surface area (Å²) in [6.07, 6.45) is 3.75. The zero-order valence-corrected chi connectivity index (χ0v) is 18.9. The van der Waals surface area contributed by atoms with Gasteiger partial charge in [0.05, 0.1) is 18.0 Å². The van der Waals surface area contributed by atoms with Gasteiger partial charge in [-0.25, -0.2) is 4.98 Å². The maximum absolute atomic E-state index is 13.0. The Hall–Kier alpha value is -3.61. The number of ether oxygens (including phenoxy) is 1. The Morgan fingerprint density at radius 2 is 1.97 bits per heavy atom. The molecule has 0 spiro atoms. The molecule has 1 amide bonds. The number of likely N-dealkylation sites (tertiary alicyclic amines) is 1. The van der Waals surface area contributed by atoms with Crippen LogP contribution in [-0.2, 0) is 22.4 Å². The van der Waals surface area contributed by atoms with E-state index in [-0.39, 0.29) is 18.4 Å². The van der Waals surface area contributed by atoms with E-state index in [1.807, 2.05) is 60.4 Å². The van der Waals surface area contributed by atoms with Crippen LogP contribution < -0.4 is 4.74 Å². The number of carbonyl (C=O) groups is 2. The van der Waals surface area contributed by atoms with Gasteiger partial charge in [-0.2, -0.15) is 0 Å². The van der Waals surface area contributed by atoms with Crippen LogP contribution in [0.15, 0.2) is 59.2 Å². The third kappa shape index (κ3) is 5.42. The van der Waals surface area contributed by atoms with E-state index in [2.05, 4.69) is 4.98 Å². The highest BCUT2D eigenvalue weighted by Gasteiger charge is 2.33. The lowest BCUT2D eigenvalue weighted by Crippen LogP contribution is -2.32. The molecule has 172 valence electrons. The van der Waals surface area contributed by atoms with Crippen molar-refractivity contribution in [1.29, 1.82) is 0 Å². The Bertz CT molecular complexity index is 1120. The van der Waals surface area contributed by atoms with Crippen molar-refractivity contribution < 1.29 is 23.8 Å². The van der Waals surface area contributed by atoms with Gasteiger partial charge in [-0.15, -0.1) is 0 Å². The number of aliphatic carboxylic acids is 1. The molecule has 1 saturated heterocycles. The lowest BCUT2D eigenvalue weighted by molar-refractivity contribution is -0.141. The van der Waals surface area contributed by atoms with Crippen molar-refractivity contribution in [3.8, 4) is 11.5 Å². The number of oxazole rings is 1. The Morgan fingerprint density at radius 1 is 1.21 bits per heavy atom. The van der Waals surface area contributed by atoms with Crippen LogP contribution in [0.25, 0.3) is 0 Å². The van der Waals surface area contributed by atoms with Gasteiger partial charge < -0.3 is 19.2 Å². The van der Waals surface area contributed by atoms with Crippen molar-refractivity contribution in [2.45, 2.75) is 45.6 Å². The molecule has 33 heavy (non-hydrogen) atoms. The number of para-hydroxylation sites is 1. The molecule has 4 rings (SSSR count). The average molecular weight is 449 g/mol. The predicted molar refractivity (Wildman–Crippen MR) is 122 cm³/mol. The topological polar surface area (TPSA) is 92.9 Å². The van der Waals surface area contributed by atoms with E-state index in [0.717, 1.165) is 35.5 Å². The Balaban J connectivity index is 1.38. The monoisotopic (exact) mass is 448 g/mol. The molecule has 0 radical (unpaired) electrons. The van der Waals surface area contributed by atoms with Crippen molar-refractivity contribution in [2.24, 2.45) is 5.92 Å². The first kappa shape index (κ1) is 22.6. The summed E-state index contributed by atoms with van der Waals surface area (Å²) in [5.74, 6) is 0.625. The standard InChI is InChI=1S/C26H28N2O5/c1-17-6-3-4-8-23(17)33-21-11-9-19(10-12-21)15-24(29)28-13-5-7-22(28)25-27-20(16-32-25)14-18(2)26(30)31/h3-4,6,8-12,16,18,22H,5,7,13-15H2,1-2H3,(H,30,31). The summed E-state index contributed by atoms with van der Waals surface area (Å²) >= 11 is 0. The second-order valence-corrected chi connectivity index (χ2v) is 8.55. The van der Waals surface area contributed by atoms with Gasteiger partial charge in [0.15, 0.2) is 0 Å². The van der Waals surface area contributed by atoms with Gasteiger partial charge >= 0.3 is 5.97 Å². The van der Waals surface area contributed by atoms with Crippen molar-refractivity contribution in [1.82, 2.24) is 9.88 Å². The zero-order valence-electron chi connectivity index (χ0n) is 18.9. The van der Waals surface area contributed by atoms with Crippen LogP contribution in [0.5, 0.6) is 11.5 Å². The largest absolute Gasteiger partial charge is 0.481 e. The SMILES string of the molecule is Cc1ccccc1Oc1ccc(CC(=O)N2CCCC2c2nc(CC(C)C(=O)O)co2)cc1. The molecule has 0 saturated carbocycles. The molecule has 3 aromatic rings. The lowest BCUT2D eigenvalue weighted by Gasteiger charge is -2.22. The molecule has 7 nitrogen and oxygen atoms in total. The van der Waals surface area contributed by atoms with Gasteiger partial charge in [-0.3, -0.25) is 9.59 Å². The van der Waals surface area contributed by atoms with E-state index in [1.54, 1.807) is 6.92 Å². The van der Waals surface area contributed by atoms with Crippen LogP contribution in [0.2, 0.25) is 0 Å². The first-order chi connectivity index (χ1) is 15.9. The highest BCUT2D eigenvalue weighted by Crippen LogP contribution is 2.32. The Labute approximate surface area is 193 Å². The quantitative estimate of drug-likeness (QED) is 0.524. The third-order valence-electron chi connectivity index (χ3n) is 5.96. The molecule has 0 bridgehead atoms. The Morgan fingerprint density at radius 3 is 2.70 bits per heavy atom. The van der Waals surface area contributed by atoms with Gasteiger partial charge in [0, 0.05) is 13.0 Å². The number of rotatable bonds is 8. The van der Waals surface area contributed by atoms with Crippen LogP contribution in [-0.4, -0.2) is 33.4 Å². The van der Waals surface area contributed by atoms with Crippen molar-refractivity contribution >= 4 is 11.9 Å². The minimum atomic E-state index is -0.868. The molecule has 2 atom stereocenters. The van der Waals surface area contributed by atoms with Crippen molar-refractivity contribution in [2.75, 3.05) is 6.54 Å². The number of amides is 1. The molecule has 1 aliphatic heterocycles. The molecular formula is C26H28N2O5. The summed E-state index contributed by atoms with van der Waals surface area (Å²) in [5.41, 5.74) is 2.57. The minimum Gasteiger partial charge on any atom is -0.481 e. The normalized spacial score (nSPS) is 16.5. The molecule has 1 aliphatic rings. The third-order valence-corrected chi connectivity index (χ3v) is 5.96. The smallest absolute Gasteiger partial charge is 0.306 e. The first-order valence-corrected chi connectivity index (χ1v) is 11.2. The van der Waals surface area contributed by atoms with Crippen LogP contribution in [0, 0.1) is 12.8 Å². The molecule has 1 fully saturated rings. The fourth-order valence-corrected chi connectivity index (χ4v) is 4.04. The second-order valence-electron chi connectivity index (χ2n) is 8.55. The molecule has 2 heterocycles. The van der Waals surface area contributed by atoms with Crippen molar-refractivity contribution in [3.63, 3.8) is 0 Å². The average Bonchev–Trinajstić information content (AvgIpc) is 3.46. The number of carbonyl (C=O) groups excluding carboxylic acids is 1.